The molecule has 0 aliphatic carbocycles. The average Bonchev–Trinajstić information content (AvgIpc) is 2.75. The van der Waals surface area contributed by atoms with E-state index in [0.29, 0.717) is 22.1 Å². The number of nitro benzene ring substituents is 1. The van der Waals surface area contributed by atoms with Crippen LogP contribution in [-0.2, 0) is 9.84 Å². The van der Waals surface area contributed by atoms with E-state index in [2.05, 4.69) is 0 Å². The van der Waals surface area contributed by atoms with Gasteiger partial charge in [-0.3, -0.25) is 10.1 Å². The van der Waals surface area contributed by atoms with Crippen LogP contribution in [0.1, 0.15) is 5.56 Å². The minimum absolute atomic E-state index is 0.133. The Morgan fingerprint density at radius 1 is 0.969 bits per heavy atom. The van der Waals surface area contributed by atoms with Gasteiger partial charge in [-0.1, -0.05) is 30.3 Å². The Kier molecular flexibility index (Phi) is 5.27. The first kappa shape index (κ1) is 21.3. The zero-order chi connectivity index (χ0) is 23.0. The molecule has 0 aliphatic rings. The predicted octanol–water partition coefficient (Wildman–Crippen LogP) is 4.87. The minimum atomic E-state index is -3.63. The summed E-state index contributed by atoms with van der Waals surface area (Å²) in [5.74, 6) is 0.104. The monoisotopic (exact) mass is 451 g/mol. The summed E-state index contributed by atoms with van der Waals surface area (Å²) in [7, 11) is -3.63. The van der Waals surface area contributed by atoms with Crippen LogP contribution in [0, 0.1) is 17.0 Å². The number of hydrogen-bond donors (Lipinski definition) is 0. The fraction of sp³-hybridized carbons (Fsp3) is 0.0870. The van der Waals surface area contributed by atoms with Gasteiger partial charge in [0.2, 0.25) is 5.75 Å². The number of ether oxygens (including phenoxy) is 1. The molecule has 1 aromatic heterocycles. The normalized spacial score (nSPS) is 11.4. The van der Waals surface area contributed by atoms with Crippen LogP contribution in [0.25, 0.3) is 22.1 Å². The highest BCUT2D eigenvalue weighted by Gasteiger charge is 2.22. The van der Waals surface area contributed by atoms with Crippen LogP contribution in [0.15, 0.2) is 80.8 Å². The van der Waals surface area contributed by atoms with Crippen LogP contribution in [0.4, 0.5) is 5.69 Å². The fourth-order valence-corrected chi connectivity index (χ4v) is 4.03. The number of aryl methyl sites for hydroxylation is 1. The lowest BCUT2D eigenvalue weighted by molar-refractivity contribution is -0.385. The third-order valence-electron chi connectivity index (χ3n) is 4.97. The van der Waals surface area contributed by atoms with Gasteiger partial charge in [-0.15, -0.1) is 0 Å². The Morgan fingerprint density at radius 2 is 1.66 bits per heavy atom. The van der Waals surface area contributed by atoms with Crippen molar-refractivity contribution in [1.29, 1.82) is 0 Å². The summed E-state index contributed by atoms with van der Waals surface area (Å²) in [5, 5.41) is 12.2. The summed E-state index contributed by atoms with van der Waals surface area (Å²) in [4.78, 5) is 22.8. The highest BCUT2D eigenvalue weighted by molar-refractivity contribution is 7.90. The third-order valence-corrected chi connectivity index (χ3v) is 6.08. The van der Waals surface area contributed by atoms with Gasteiger partial charge in [-0.05, 0) is 42.3 Å². The SMILES string of the molecule is Cc1c(Oc2ccc(S(C)(=O)=O)cc2[N+](=O)[O-])ccc2c(-c3ccccc3)cc(=O)oc12. The molecule has 4 aromatic rings. The van der Waals surface area contributed by atoms with Crippen LogP contribution in [0.5, 0.6) is 11.5 Å². The molecule has 0 saturated heterocycles. The summed E-state index contributed by atoms with van der Waals surface area (Å²) in [5.41, 5.74) is 1.26. The molecule has 4 rings (SSSR count). The minimum Gasteiger partial charge on any atom is -0.450 e. The first-order valence-corrected chi connectivity index (χ1v) is 11.3. The lowest BCUT2D eigenvalue weighted by Gasteiger charge is -2.13. The fourth-order valence-electron chi connectivity index (χ4n) is 3.39. The van der Waals surface area contributed by atoms with Crippen LogP contribution >= 0.6 is 0 Å². The zero-order valence-corrected chi connectivity index (χ0v) is 17.9. The first-order valence-electron chi connectivity index (χ1n) is 9.44. The summed E-state index contributed by atoms with van der Waals surface area (Å²) in [6.07, 6.45) is 0.965. The molecule has 9 heteroatoms. The maximum atomic E-state index is 12.2. The van der Waals surface area contributed by atoms with Crippen LogP contribution < -0.4 is 10.4 Å². The average molecular weight is 451 g/mol. The quantitative estimate of drug-likeness (QED) is 0.241. The topological polar surface area (TPSA) is 117 Å². The summed E-state index contributed by atoms with van der Waals surface area (Å²) < 4.78 is 34.7. The predicted molar refractivity (Wildman–Crippen MR) is 119 cm³/mol. The molecule has 0 saturated carbocycles. The van der Waals surface area contributed by atoms with E-state index in [1.165, 1.54) is 18.2 Å². The van der Waals surface area contributed by atoms with Crippen LogP contribution in [0.3, 0.4) is 0 Å². The van der Waals surface area contributed by atoms with Crippen LogP contribution in [0.2, 0.25) is 0 Å². The second-order valence-corrected chi connectivity index (χ2v) is 9.19. The Labute approximate surface area is 182 Å². The molecular weight excluding hydrogens is 434 g/mol. The van der Waals surface area contributed by atoms with Crippen molar-refractivity contribution in [1.82, 2.24) is 0 Å². The third kappa shape index (κ3) is 3.97. The molecule has 32 heavy (non-hydrogen) atoms. The standard InChI is InChI=1S/C23H17NO7S/c1-14-20(30-21-10-8-16(32(2,28)29)12-19(21)24(26)27)11-9-17-18(13-22(25)31-23(14)17)15-6-4-3-5-7-15/h3-13H,1-2H3. The molecule has 0 spiro atoms. The Bertz CT molecular complexity index is 1520. The maximum absolute atomic E-state index is 12.2. The van der Waals surface area contributed by atoms with Gasteiger partial charge in [-0.2, -0.15) is 0 Å². The molecule has 0 amide bonds. The molecule has 0 fully saturated rings. The molecule has 8 nitrogen and oxygen atoms in total. The molecule has 0 aliphatic heterocycles. The number of benzene rings is 3. The summed E-state index contributed by atoms with van der Waals surface area (Å²) >= 11 is 0. The van der Waals surface area contributed by atoms with E-state index in [-0.39, 0.29) is 16.4 Å². The van der Waals surface area contributed by atoms with E-state index < -0.39 is 26.1 Å². The van der Waals surface area contributed by atoms with E-state index in [1.54, 1.807) is 19.1 Å². The number of nitro groups is 1. The molecule has 0 radical (unpaired) electrons. The van der Waals surface area contributed by atoms with Crippen molar-refractivity contribution in [3.8, 4) is 22.6 Å². The highest BCUT2D eigenvalue weighted by Crippen LogP contribution is 2.38. The Balaban J connectivity index is 1.85. The number of nitrogens with zero attached hydrogens (tertiary/aromatic N) is 1. The number of fused-ring (bicyclic) bond motifs is 1. The lowest BCUT2D eigenvalue weighted by Crippen LogP contribution is -2.02. The maximum Gasteiger partial charge on any atom is 0.336 e. The van der Waals surface area contributed by atoms with Crippen molar-refractivity contribution in [3.05, 3.63) is 92.8 Å². The van der Waals surface area contributed by atoms with Crippen molar-refractivity contribution >= 4 is 26.5 Å². The Hall–Kier alpha value is -3.98. The molecule has 0 bridgehead atoms. The van der Waals surface area contributed by atoms with Crippen molar-refractivity contribution < 1.29 is 22.5 Å². The number of hydrogen-bond acceptors (Lipinski definition) is 7. The van der Waals surface area contributed by atoms with Gasteiger partial charge in [0.25, 0.3) is 0 Å². The molecule has 0 N–H and O–H groups in total. The van der Waals surface area contributed by atoms with E-state index >= 15 is 0 Å². The van der Waals surface area contributed by atoms with Gasteiger partial charge in [0, 0.05) is 29.3 Å². The van der Waals surface area contributed by atoms with Gasteiger partial charge in [0.15, 0.2) is 9.84 Å². The largest absolute Gasteiger partial charge is 0.450 e. The van der Waals surface area contributed by atoms with E-state index in [4.69, 9.17) is 9.15 Å². The van der Waals surface area contributed by atoms with Gasteiger partial charge >= 0.3 is 11.3 Å². The van der Waals surface area contributed by atoms with Crippen LogP contribution in [-0.4, -0.2) is 19.6 Å². The molecule has 0 atom stereocenters. The molecule has 162 valence electrons. The Morgan fingerprint density at radius 3 is 2.31 bits per heavy atom. The van der Waals surface area contributed by atoms with Crippen molar-refractivity contribution in [2.45, 2.75) is 11.8 Å². The van der Waals surface area contributed by atoms with Gasteiger partial charge in [-0.25, -0.2) is 13.2 Å². The van der Waals surface area contributed by atoms with Crippen molar-refractivity contribution in [2.75, 3.05) is 6.26 Å². The van der Waals surface area contributed by atoms with Gasteiger partial charge < -0.3 is 9.15 Å². The van der Waals surface area contributed by atoms with E-state index in [9.17, 15) is 23.3 Å². The highest BCUT2D eigenvalue weighted by atomic mass is 32.2. The molecular formula is C23H17NO7S. The number of rotatable bonds is 5. The number of sulfone groups is 1. The van der Waals surface area contributed by atoms with Crippen molar-refractivity contribution in [3.63, 3.8) is 0 Å². The summed E-state index contributed by atoms with van der Waals surface area (Å²) in [6.45, 7) is 1.67. The summed E-state index contributed by atoms with van der Waals surface area (Å²) in [6, 6.07) is 17.5. The molecule has 3 aromatic carbocycles. The molecule has 0 unspecified atom stereocenters. The van der Waals surface area contributed by atoms with E-state index in [0.717, 1.165) is 17.9 Å². The van der Waals surface area contributed by atoms with Crippen molar-refractivity contribution in [2.24, 2.45) is 0 Å². The van der Waals surface area contributed by atoms with E-state index in [1.807, 2.05) is 30.3 Å². The zero-order valence-electron chi connectivity index (χ0n) is 17.1. The second kappa shape index (κ2) is 7.93. The smallest absolute Gasteiger partial charge is 0.336 e. The molecule has 1 heterocycles. The van der Waals surface area contributed by atoms with Gasteiger partial charge in [0.1, 0.15) is 11.3 Å². The van der Waals surface area contributed by atoms with Gasteiger partial charge in [0.05, 0.1) is 9.82 Å². The second-order valence-electron chi connectivity index (χ2n) is 7.17. The lowest BCUT2D eigenvalue weighted by atomic mass is 10.0. The first-order chi connectivity index (χ1) is 15.1.